The summed E-state index contributed by atoms with van der Waals surface area (Å²) in [7, 11) is 0. The van der Waals surface area contributed by atoms with Gasteiger partial charge in [0.15, 0.2) is 0 Å². The lowest BCUT2D eigenvalue weighted by Crippen LogP contribution is -2.48. The van der Waals surface area contributed by atoms with Crippen molar-refractivity contribution in [3.63, 3.8) is 0 Å². The normalized spacial score (nSPS) is 25.3. The SMILES string of the molecule is CC1CCN(C(=O)CNC(=O)[C@@H](N)C(C)C)C1C. The average Bonchev–Trinajstić information content (AvgIpc) is 2.65. The van der Waals surface area contributed by atoms with E-state index in [1.165, 1.54) is 0 Å². The van der Waals surface area contributed by atoms with Crippen LogP contribution < -0.4 is 11.1 Å². The van der Waals surface area contributed by atoms with Crippen molar-refractivity contribution >= 4 is 11.8 Å². The second kappa shape index (κ2) is 6.18. The predicted molar refractivity (Wildman–Crippen MR) is 70.8 cm³/mol. The number of carbonyl (C=O) groups is 2. The molecule has 0 spiro atoms. The Morgan fingerprint density at radius 3 is 2.44 bits per heavy atom. The van der Waals surface area contributed by atoms with E-state index in [0.717, 1.165) is 13.0 Å². The number of carbonyl (C=O) groups excluding carboxylic acids is 2. The molecule has 0 radical (unpaired) electrons. The van der Waals surface area contributed by atoms with Gasteiger partial charge in [-0.15, -0.1) is 0 Å². The van der Waals surface area contributed by atoms with Crippen LogP contribution in [0.5, 0.6) is 0 Å². The van der Waals surface area contributed by atoms with Crippen molar-refractivity contribution in [1.29, 1.82) is 0 Å². The van der Waals surface area contributed by atoms with Crippen molar-refractivity contribution in [3.05, 3.63) is 0 Å². The van der Waals surface area contributed by atoms with Crippen LogP contribution in [0.3, 0.4) is 0 Å². The largest absolute Gasteiger partial charge is 0.346 e. The van der Waals surface area contributed by atoms with E-state index in [2.05, 4.69) is 19.2 Å². The molecule has 1 aliphatic heterocycles. The molecule has 2 unspecified atom stereocenters. The minimum Gasteiger partial charge on any atom is -0.346 e. The van der Waals surface area contributed by atoms with E-state index < -0.39 is 6.04 Å². The van der Waals surface area contributed by atoms with E-state index in [1.807, 2.05) is 18.7 Å². The smallest absolute Gasteiger partial charge is 0.242 e. The molecule has 0 aliphatic carbocycles. The Morgan fingerprint density at radius 2 is 2.00 bits per heavy atom. The van der Waals surface area contributed by atoms with Crippen LogP contribution in [0.15, 0.2) is 0 Å². The molecule has 1 aliphatic rings. The summed E-state index contributed by atoms with van der Waals surface area (Å²) in [4.78, 5) is 25.5. The molecule has 3 N–H and O–H groups in total. The highest BCUT2D eigenvalue weighted by atomic mass is 16.2. The summed E-state index contributed by atoms with van der Waals surface area (Å²) < 4.78 is 0. The third kappa shape index (κ3) is 3.45. The quantitative estimate of drug-likeness (QED) is 0.761. The number of hydrogen-bond acceptors (Lipinski definition) is 3. The van der Waals surface area contributed by atoms with Crippen molar-refractivity contribution in [3.8, 4) is 0 Å². The Balaban J connectivity index is 2.40. The van der Waals surface area contributed by atoms with Gasteiger partial charge in [0.1, 0.15) is 0 Å². The molecule has 0 saturated carbocycles. The minimum atomic E-state index is -0.548. The number of amides is 2. The highest BCUT2D eigenvalue weighted by Crippen LogP contribution is 2.22. The molecule has 5 nitrogen and oxygen atoms in total. The maximum atomic E-state index is 12.0. The zero-order chi connectivity index (χ0) is 13.9. The molecule has 2 amide bonds. The lowest BCUT2D eigenvalue weighted by atomic mass is 10.0. The van der Waals surface area contributed by atoms with Crippen molar-refractivity contribution in [2.45, 2.75) is 46.2 Å². The number of nitrogens with one attached hydrogen (secondary N) is 1. The van der Waals surface area contributed by atoms with Crippen LogP contribution in [0.4, 0.5) is 0 Å². The van der Waals surface area contributed by atoms with Gasteiger partial charge in [-0.25, -0.2) is 0 Å². The molecule has 1 rings (SSSR count). The maximum absolute atomic E-state index is 12.0. The second-order valence-electron chi connectivity index (χ2n) is 5.58. The fourth-order valence-electron chi connectivity index (χ4n) is 2.13. The van der Waals surface area contributed by atoms with Crippen LogP contribution in [0.1, 0.15) is 34.1 Å². The number of nitrogens with two attached hydrogens (primary N) is 1. The highest BCUT2D eigenvalue weighted by molar-refractivity contribution is 5.87. The van der Waals surface area contributed by atoms with Gasteiger partial charge >= 0.3 is 0 Å². The standard InChI is InChI=1S/C13H25N3O2/c1-8(2)12(14)13(18)15-7-11(17)16-6-5-9(3)10(16)4/h8-10,12H,5-7,14H2,1-4H3,(H,15,18)/t9?,10?,12-/m0/s1. The first kappa shape index (κ1) is 15.0. The van der Waals surface area contributed by atoms with Crippen LogP contribution in [-0.4, -0.2) is 41.9 Å². The summed E-state index contributed by atoms with van der Waals surface area (Å²) in [6.45, 7) is 8.80. The third-order valence-electron chi connectivity index (χ3n) is 3.90. The first-order valence-electron chi connectivity index (χ1n) is 6.67. The van der Waals surface area contributed by atoms with Crippen molar-refractivity contribution in [1.82, 2.24) is 10.2 Å². The van der Waals surface area contributed by atoms with E-state index in [9.17, 15) is 9.59 Å². The first-order valence-corrected chi connectivity index (χ1v) is 6.67. The molecule has 0 aromatic rings. The predicted octanol–water partition coefficient (Wildman–Crippen LogP) is 0.343. The van der Waals surface area contributed by atoms with E-state index in [4.69, 9.17) is 5.73 Å². The summed E-state index contributed by atoms with van der Waals surface area (Å²) in [5.41, 5.74) is 5.71. The summed E-state index contributed by atoms with van der Waals surface area (Å²) >= 11 is 0. The molecule has 0 aromatic heterocycles. The topological polar surface area (TPSA) is 75.4 Å². The summed E-state index contributed by atoms with van der Waals surface area (Å²) in [5, 5.41) is 2.62. The van der Waals surface area contributed by atoms with Gasteiger partial charge in [-0.05, 0) is 25.2 Å². The maximum Gasteiger partial charge on any atom is 0.242 e. The number of rotatable bonds is 4. The molecule has 18 heavy (non-hydrogen) atoms. The van der Waals surface area contributed by atoms with Crippen LogP contribution in [0.2, 0.25) is 0 Å². The van der Waals surface area contributed by atoms with Crippen molar-refractivity contribution < 1.29 is 9.59 Å². The van der Waals surface area contributed by atoms with Gasteiger partial charge in [-0.1, -0.05) is 20.8 Å². The lowest BCUT2D eigenvalue weighted by Gasteiger charge is -2.24. The van der Waals surface area contributed by atoms with Crippen LogP contribution in [0.25, 0.3) is 0 Å². The Bertz CT molecular complexity index is 317. The fourth-order valence-corrected chi connectivity index (χ4v) is 2.13. The van der Waals surface area contributed by atoms with E-state index in [0.29, 0.717) is 5.92 Å². The lowest BCUT2D eigenvalue weighted by molar-refractivity contribution is -0.134. The van der Waals surface area contributed by atoms with Crippen LogP contribution >= 0.6 is 0 Å². The monoisotopic (exact) mass is 255 g/mol. The van der Waals surface area contributed by atoms with E-state index in [1.54, 1.807) is 0 Å². The van der Waals surface area contributed by atoms with Gasteiger partial charge in [-0.3, -0.25) is 9.59 Å². The molecular weight excluding hydrogens is 230 g/mol. The van der Waals surface area contributed by atoms with Gasteiger partial charge in [-0.2, -0.15) is 0 Å². The molecule has 0 aromatic carbocycles. The number of likely N-dealkylation sites (tertiary alicyclic amines) is 1. The molecular formula is C13H25N3O2. The molecule has 1 heterocycles. The number of nitrogens with zero attached hydrogens (tertiary/aromatic N) is 1. The molecule has 1 saturated heterocycles. The zero-order valence-corrected chi connectivity index (χ0v) is 11.8. The van der Waals surface area contributed by atoms with E-state index in [-0.39, 0.29) is 30.3 Å². The van der Waals surface area contributed by atoms with Crippen LogP contribution in [-0.2, 0) is 9.59 Å². The molecule has 0 bridgehead atoms. The fraction of sp³-hybridized carbons (Fsp3) is 0.846. The Kier molecular flexibility index (Phi) is 5.14. The van der Waals surface area contributed by atoms with Crippen molar-refractivity contribution in [2.75, 3.05) is 13.1 Å². The highest BCUT2D eigenvalue weighted by Gasteiger charge is 2.31. The zero-order valence-electron chi connectivity index (χ0n) is 11.8. The van der Waals surface area contributed by atoms with Crippen LogP contribution in [0, 0.1) is 11.8 Å². The van der Waals surface area contributed by atoms with Gasteiger partial charge < -0.3 is 16.0 Å². The first-order chi connectivity index (χ1) is 8.34. The van der Waals surface area contributed by atoms with Gasteiger partial charge in [0.25, 0.3) is 0 Å². The second-order valence-corrected chi connectivity index (χ2v) is 5.58. The summed E-state index contributed by atoms with van der Waals surface area (Å²) in [6, 6.07) is -0.291. The molecule has 1 fully saturated rings. The Labute approximate surface area is 109 Å². The molecule has 5 heteroatoms. The summed E-state index contributed by atoms with van der Waals surface area (Å²) in [5.74, 6) is 0.336. The van der Waals surface area contributed by atoms with Gasteiger partial charge in [0.2, 0.25) is 11.8 Å². The molecule has 3 atom stereocenters. The number of hydrogen-bond donors (Lipinski definition) is 2. The Morgan fingerprint density at radius 1 is 1.39 bits per heavy atom. The van der Waals surface area contributed by atoms with Crippen molar-refractivity contribution in [2.24, 2.45) is 17.6 Å². The third-order valence-corrected chi connectivity index (χ3v) is 3.90. The summed E-state index contributed by atoms with van der Waals surface area (Å²) in [6.07, 6.45) is 1.03. The Hall–Kier alpha value is -1.10. The molecule has 104 valence electrons. The van der Waals surface area contributed by atoms with E-state index >= 15 is 0 Å². The minimum absolute atomic E-state index is 0.0174. The van der Waals surface area contributed by atoms with Gasteiger partial charge in [0.05, 0.1) is 12.6 Å². The average molecular weight is 255 g/mol. The van der Waals surface area contributed by atoms with Gasteiger partial charge in [0, 0.05) is 12.6 Å².